The summed E-state index contributed by atoms with van der Waals surface area (Å²) in [5, 5.41) is 4.33. The molecule has 3 heteroatoms. The van der Waals surface area contributed by atoms with Gasteiger partial charge in [0.05, 0.1) is 21.1 Å². The minimum absolute atomic E-state index is 1.19. The van der Waals surface area contributed by atoms with Gasteiger partial charge in [-0.25, -0.2) is 0 Å². The van der Waals surface area contributed by atoms with Crippen molar-refractivity contribution >= 4 is 22.7 Å². The SMILES string of the molecule is CCCCCCCCCCCCc1cc(-c2cccs2)[nH]c1-c1cccs1. The van der Waals surface area contributed by atoms with Gasteiger partial charge in [0.2, 0.25) is 0 Å². The van der Waals surface area contributed by atoms with Crippen molar-refractivity contribution in [1.29, 1.82) is 0 Å². The van der Waals surface area contributed by atoms with E-state index in [2.05, 4.69) is 53.0 Å². The lowest BCUT2D eigenvalue weighted by atomic mass is 10.0. The number of aryl methyl sites for hydroxylation is 1. The first-order chi connectivity index (χ1) is 13.4. The molecule has 1 nitrogen and oxygen atoms in total. The van der Waals surface area contributed by atoms with Crippen molar-refractivity contribution in [3.05, 3.63) is 46.7 Å². The molecule has 3 aromatic heterocycles. The topological polar surface area (TPSA) is 15.8 Å². The van der Waals surface area contributed by atoms with E-state index in [1.165, 1.54) is 97.3 Å². The van der Waals surface area contributed by atoms with E-state index in [-0.39, 0.29) is 0 Å². The van der Waals surface area contributed by atoms with E-state index in [9.17, 15) is 0 Å². The maximum atomic E-state index is 3.69. The summed E-state index contributed by atoms with van der Waals surface area (Å²) in [7, 11) is 0. The summed E-state index contributed by atoms with van der Waals surface area (Å²) >= 11 is 3.64. The fraction of sp³-hybridized carbons (Fsp3) is 0.500. The molecule has 3 rings (SSSR count). The molecule has 27 heavy (non-hydrogen) atoms. The van der Waals surface area contributed by atoms with Crippen molar-refractivity contribution in [3.63, 3.8) is 0 Å². The van der Waals surface area contributed by atoms with Crippen molar-refractivity contribution in [2.75, 3.05) is 0 Å². The van der Waals surface area contributed by atoms with Crippen LogP contribution in [0.2, 0.25) is 0 Å². The number of H-pyrrole nitrogens is 1. The van der Waals surface area contributed by atoms with Crippen molar-refractivity contribution < 1.29 is 0 Å². The monoisotopic (exact) mass is 399 g/mol. The third-order valence-corrected chi connectivity index (χ3v) is 7.04. The van der Waals surface area contributed by atoms with Crippen molar-refractivity contribution in [2.45, 2.75) is 77.6 Å². The molecule has 0 aromatic carbocycles. The lowest BCUT2D eigenvalue weighted by Crippen LogP contribution is -1.87. The molecule has 0 bridgehead atoms. The van der Waals surface area contributed by atoms with E-state index in [1.807, 2.05) is 22.7 Å². The fourth-order valence-electron chi connectivity index (χ4n) is 3.70. The van der Waals surface area contributed by atoms with Crippen LogP contribution in [-0.2, 0) is 6.42 Å². The number of aromatic amines is 1. The molecule has 1 N–H and O–H groups in total. The standard InChI is InChI=1S/C24H33NS2/c1-2-3-4-5-6-7-8-9-10-11-14-20-19-21(22-15-12-17-26-22)25-24(20)23-16-13-18-27-23/h12-13,15-19,25H,2-11,14H2,1H3. The molecule has 0 atom stereocenters. The van der Waals surface area contributed by atoms with E-state index in [4.69, 9.17) is 0 Å². The molecule has 0 fully saturated rings. The zero-order chi connectivity index (χ0) is 18.7. The van der Waals surface area contributed by atoms with E-state index in [1.54, 1.807) is 0 Å². The van der Waals surface area contributed by atoms with Crippen LogP contribution in [0.4, 0.5) is 0 Å². The third-order valence-electron chi connectivity index (χ3n) is 5.25. The second kappa shape index (κ2) is 11.5. The molecule has 0 saturated carbocycles. The smallest absolute Gasteiger partial charge is 0.0592 e. The Morgan fingerprint density at radius 1 is 0.741 bits per heavy atom. The van der Waals surface area contributed by atoms with E-state index >= 15 is 0 Å². The van der Waals surface area contributed by atoms with Crippen LogP contribution in [0.15, 0.2) is 41.1 Å². The normalized spacial score (nSPS) is 11.3. The molecule has 0 unspecified atom stereocenters. The highest BCUT2D eigenvalue weighted by Crippen LogP contribution is 2.34. The number of thiophene rings is 2. The van der Waals surface area contributed by atoms with Crippen LogP contribution in [0.3, 0.4) is 0 Å². The highest BCUT2D eigenvalue weighted by Gasteiger charge is 2.12. The fourth-order valence-corrected chi connectivity index (χ4v) is 5.16. The maximum absolute atomic E-state index is 3.69. The van der Waals surface area contributed by atoms with Crippen molar-refractivity contribution in [3.8, 4) is 21.1 Å². The number of hydrogen-bond donors (Lipinski definition) is 1. The minimum atomic E-state index is 1.19. The number of aromatic nitrogens is 1. The zero-order valence-electron chi connectivity index (χ0n) is 16.6. The Bertz CT molecular complexity index is 738. The Hall–Kier alpha value is -1.32. The first-order valence-electron chi connectivity index (χ1n) is 10.7. The molecular formula is C24H33NS2. The Morgan fingerprint density at radius 2 is 1.33 bits per heavy atom. The van der Waals surface area contributed by atoms with E-state index < -0.39 is 0 Å². The summed E-state index contributed by atoms with van der Waals surface area (Å²) < 4.78 is 0. The molecule has 0 aliphatic rings. The van der Waals surface area contributed by atoms with Gasteiger partial charge in [-0.3, -0.25) is 0 Å². The molecular weight excluding hydrogens is 366 g/mol. The van der Waals surface area contributed by atoms with Gasteiger partial charge in [-0.2, -0.15) is 0 Å². The number of hydrogen-bond acceptors (Lipinski definition) is 2. The summed E-state index contributed by atoms with van der Waals surface area (Å²) in [6, 6.07) is 11.1. The van der Waals surface area contributed by atoms with Gasteiger partial charge in [0.1, 0.15) is 0 Å². The van der Waals surface area contributed by atoms with Gasteiger partial charge in [0.15, 0.2) is 0 Å². The van der Waals surface area contributed by atoms with Crippen LogP contribution in [-0.4, -0.2) is 4.98 Å². The summed E-state index contributed by atoms with van der Waals surface area (Å²) in [4.78, 5) is 6.39. The quantitative estimate of drug-likeness (QED) is 0.276. The molecule has 0 saturated heterocycles. The zero-order valence-corrected chi connectivity index (χ0v) is 18.3. The maximum Gasteiger partial charge on any atom is 0.0592 e. The highest BCUT2D eigenvalue weighted by molar-refractivity contribution is 7.14. The van der Waals surface area contributed by atoms with Crippen LogP contribution >= 0.6 is 22.7 Å². The molecule has 3 aromatic rings. The van der Waals surface area contributed by atoms with Crippen LogP contribution in [0.5, 0.6) is 0 Å². The molecule has 0 amide bonds. The largest absolute Gasteiger partial charge is 0.353 e. The third kappa shape index (κ3) is 6.36. The average Bonchev–Trinajstić information content (AvgIpc) is 3.43. The molecule has 146 valence electrons. The Labute approximate surface area is 172 Å². The second-order valence-electron chi connectivity index (χ2n) is 7.47. The van der Waals surface area contributed by atoms with Crippen LogP contribution in [0.1, 0.15) is 76.7 Å². The average molecular weight is 400 g/mol. The lowest BCUT2D eigenvalue weighted by molar-refractivity contribution is 0.556. The van der Waals surface area contributed by atoms with E-state index in [0.29, 0.717) is 0 Å². The first-order valence-corrected chi connectivity index (χ1v) is 12.4. The van der Waals surface area contributed by atoms with Crippen LogP contribution < -0.4 is 0 Å². The Morgan fingerprint density at radius 3 is 1.93 bits per heavy atom. The predicted molar refractivity (Wildman–Crippen MR) is 123 cm³/mol. The Kier molecular flexibility index (Phi) is 8.70. The van der Waals surface area contributed by atoms with Gasteiger partial charge in [0, 0.05) is 0 Å². The van der Waals surface area contributed by atoms with Crippen LogP contribution in [0.25, 0.3) is 21.1 Å². The molecule has 3 heterocycles. The number of nitrogens with one attached hydrogen (secondary N) is 1. The molecule has 0 radical (unpaired) electrons. The van der Waals surface area contributed by atoms with Crippen molar-refractivity contribution in [1.82, 2.24) is 4.98 Å². The molecule has 0 aliphatic carbocycles. The lowest BCUT2D eigenvalue weighted by Gasteiger charge is -2.04. The minimum Gasteiger partial charge on any atom is -0.353 e. The first kappa shape index (κ1) is 20.4. The summed E-state index contributed by atoms with van der Waals surface area (Å²) in [6.45, 7) is 2.29. The van der Waals surface area contributed by atoms with Crippen LogP contribution in [0, 0.1) is 0 Å². The van der Waals surface area contributed by atoms with Gasteiger partial charge in [0.25, 0.3) is 0 Å². The number of unbranched alkanes of at least 4 members (excludes halogenated alkanes) is 9. The molecule has 0 spiro atoms. The van der Waals surface area contributed by atoms with Crippen molar-refractivity contribution in [2.24, 2.45) is 0 Å². The summed E-state index contributed by atoms with van der Waals surface area (Å²) in [5.41, 5.74) is 4.10. The van der Waals surface area contributed by atoms with Gasteiger partial charge in [-0.1, -0.05) is 76.8 Å². The number of rotatable bonds is 13. The van der Waals surface area contributed by atoms with Gasteiger partial charge < -0.3 is 4.98 Å². The summed E-state index contributed by atoms with van der Waals surface area (Å²) in [5.74, 6) is 0. The van der Waals surface area contributed by atoms with Gasteiger partial charge >= 0.3 is 0 Å². The Balaban J connectivity index is 1.45. The van der Waals surface area contributed by atoms with Gasteiger partial charge in [-0.05, 0) is 47.4 Å². The van der Waals surface area contributed by atoms with Gasteiger partial charge in [-0.15, -0.1) is 22.7 Å². The molecule has 0 aliphatic heterocycles. The summed E-state index contributed by atoms with van der Waals surface area (Å²) in [6.07, 6.45) is 15.1. The highest BCUT2D eigenvalue weighted by atomic mass is 32.1. The second-order valence-corrected chi connectivity index (χ2v) is 9.37. The predicted octanol–water partition coefficient (Wildman–Crippen LogP) is 8.94. The van der Waals surface area contributed by atoms with E-state index in [0.717, 1.165) is 0 Å².